The zero-order chi connectivity index (χ0) is 19.2. The highest BCUT2D eigenvalue weighted by molar-refractivity contribution is 5.91. The van der Waals surface area contributed by atoms with Crippen LogP contribution in [0.5, 0.6) is 5.88 Å². The molecule has 0 saturated carbocycles. The molecule has 0 saturated heterocycles. The summed E-state index contributed by atoms with van der Waals surface area (Å²) in [6.07, 6.45) is 0.798. The first-order valence-electron chi connectivity index (χ1n) is 8.34. The Balaban J connectivity index is 1.74. The van der Waals surface area contributed by atoms with Crippen LogP contribution < -0.4 is 10.1 Å². The molecular formula is C18H18FN3O5. The second-order valence-corrected chi connectivity index (χ2v) is 5.67. The third kappa shape index (κ3) is 4.32. The quantitative estimate of drug-likeness (QED) is 0.623. The first-order valence-corrected chi connectivity index (χ1v) is 8.34. The minimum atomic E-state index is -0.382. The monoisotopic (exact) mass is 375 g/mol. The zero-order valence-electron chi connectivity index (χ0n) is 14.6. The van der Waals surface area contributed by atoms with Gasteiger partial charge in [-0.1, -0.05) is 12.1 Å². The molecule has 3 rings (SSSR count). The summed E-state index contributed by atoms with van der Waals surface area (Å²) in [4.78, 5) is 11.8. The molecular weight excluding hydrogens is 357 g/mol. The molecule has 0 atom stereocenters. The predicted octanol–water partition coefficient (Wildman–Crippen LogP) is 2.68. The van der Waals surface area contributed by atoms with Gasteiger partial charge in [-0.15, -0.1) is 0 Å². The first kappa shape index (κ1) is 18.6. The third-order valence-corrected chi connectivity index (χ3v) is 3.74. The topological polar surface area (TPSA) is 111 Å². The Kier molecular flexibility index (Phi) is 5.82. The summed E-state index contributed by atoms with van der Waals surface area (Å²) in [5.74, 6) is -0.401. The molecule has 9 heteroatoms. The number of ether oxygens (including phenoxy) is 1. The lowest BCUT2D eigenvalue weighted by Gasteiger charge is -2.04. The van der Waals surface area contributed by atoms with Crippen LogP contribution in [0.4, 0.5) is 4.39 Å². The number of aromatic nitrogens is 2. The Morgan fingerprint density at radius 3 is 2.74 bits per heavy atom. The largest absolute Gasteiger partial charge is 0.470 e. The van der Waals surface area contributed by atoms with Crippen molar-refractivity contribution in [2.45, 2.75) is 26.6 Å². The van der Waals surface area contributed by atoms with Crippen molar-refractivity contribution in [3.63, 3.8) is 0 Å². The van der Waals surface area contributed by atoms with Gasteiger partial charge < -0.3 is 24.2 Å². The highest BCUT2D eigenvalue weighted by Gasteiger charge is 2.19. The Bertz CT molecular complexity index is 904. The van der Waals surface area contributed by atoms with Crippen LogP contribution in [0.3, 0.4) is 0 Å². The Labute approximate surface area is 153 Å². The van der Waals surface area contributed by atoms with Crippen LogP contribution in [0.1, 0.15) is 35.2 Å². The third-order valence-electron chi connectivity index (χ3n) is 3.74. The highest BCUT2D eigenvalue weighted by Crippen LogP contribution is 2.27. The minimum Gasteiger partial charge on any atom is -0.470 e. The van der Waals surface area contributed by atoms with Crippen molar-refractivity contribution in [2.75, 3.05) is 6.54 Å². The van der Waals surface area contributed by atoms with Gasteiger partial charge in [0.15, 0.2) is 5.76 Å². The smallest absolute Gasteiger partial charge is 0.290 e. The van der Waals surface area contributed by atoms with E-state index in [1.54, 1.807) is 12.1 Å². The van der Waals surface area contributed by atoms with Gasteiger partial charge in [0.1, 0.15) is 24.7 Å². The molecule has 2 N–H and O–H groups in total. The van der Waals surface area contributed by atoms with Crippen LogP contribution in [0, 0.1) is 5.82 Å². The second-order valence-electron chi connectivity index (χ2n) is 5.67. The number of carbonyl (C=O) groups excluding carboxylic acids is 1. The van der Waals surface area contributed by atoms with E-state index in [1.165, 1.54) is 18.2 Å². The van der Waals surface area contributed by atoms with Crippen LogP contribution >= 0.6 is 0 Å². The zero-order valence-corrected chi connectivity index (χ0v) is 14.6. The Morgan fingerprint density at radius 1 is 1.26 bits per heavy atom. The van der Waals surface area contributed by atoms with E-state index in [0.717, 1.165) is 6.42 Å². The lowest BCUT2D eigenvalue weighted by molar-refractivity contribution is 0.0916. The van der Waals surface area contributed by atoms with Crippen molar-refractivity contribution in [2.24, 2.45) is 0 Å². The van der Waals surface area contributed by atoms with E-state index in [1.807, 2.05) is 6.92 Å². The standard InChI is InChI=1S/C18H18FN3O5/c1-2-7-20-18(24)14-8-16(21-26-14)25-10-13-15(9-23)27-22-17(13)11-3-5-12(19)6-4-11/h3-6,8,23H,2,7,9-10H2,1H3,(H,20,24). The molecule has 8 nitrogen and oxygen atoms in total. The minimum absolute atomic E-state index is 0.0323. The molecule has 2 heterocycles. The fraction of sp³-hybridized carbons (Fsp3) is 0.278. The van der Waals surface area contributed by atoms with Crippen LogP contribution in [-0.4, -0.2) is 27.9 Å². The molecule has 1 amide bonds. The van der Waals surface area contributed by atoms with E-state index in [0.29, 0.717) is 23.4 Å². The summed E-state index contributed by atoms with van der Waals surface area (Å²) in [5, 5.41) is 19.7. The number of carbonyl (C=O) groups is 1. The SMILES string of the molecule is CCCNC(=O)c1cc(OCc2c(-c3ccc(F)cc3)noc2CO)no1. The molecule has 0 fully saturated rings. The Hall–Kier alpha value is -3.20. The lowest BCUT2D eigenvalue weighted by atomic mass is 10.1. The number of rotatable bonds is 8. The van der Waals surface area contributed by atoms with Crippen molar-refractivity contribution >= 4 is 5.91 Å². The van der Waals surface area contributed by atoms with Gasteiger partial charge in [-0.3, -0.25) is 4.79 Å². The number of aliphatic hydroxyl groups excluding tert-OH is 1. The number of nitrogens with zero attached hydrogens (tertiary/aromatic N) is 2. The lowest BCUT2D eigenvalue weighted by Crippen LogP contribution is -2.23. The summed E-state index contributed by atoms with van der Waals surface area (Å²) in [6.45, 7) is 2.05. The van der Waals surface area contributed by atoms with Gasteiger partial charge in [-0.2, -0.15) is 0 Å². The normalized spacial score (nSPS) is 10.8. The number of benzene rings is 1. The average Bonchev–Trinajstić information content (AvgIpc) is 3.31. The molecule has 1 aromatic carbocycles. The number of amides is 1. The Morgan fingerprint density at radius 2 is 2.04 bits per heavy atom. The molecule has 0 aliphatic carbocycles. The van der Waals surface area contributed by atoms with Gasteiger partial charge in [0.2, 0.25) is 5.76 Å². The van der Waals surface area contributed by atoms with Gasteiger partial charge in [-0.25, -0.2) is 4.39 Å². The number of aliphatic hydroxyl groups is 1. The van der Waals surface area contributed by atoms with Crippen molar-refractivity contribution in [1.29, 1.82) is 0 Å². The summed E-state index contributed by atoms with van der Waals surface area (Å²) < 4.78 is 28.8. The molecule has 0 aliphatic heterocycles. The van der Waals surface area contributed by atoms with Crippen LogP contribution in [-0.2, 0) is 13.2 Å². The predicted molar refractivity (Wildman–Crippen MR) is 91.3 cm³/mol. The molecule has 0 bridgehead atoms. The molecule has 0 radical (unpaired) electrons. The van der Waals surface area contributed by atoms with Crippen molar-refractivity contribution < 1.29 is 28.1 Å². The van der Waals surface area contributed by atoms with Gasteiger partial charge in [0, 0.05) is 12.1 Å². The highest BCUT2D eigenvalue weighted by atomic mass is 19.1. The second kappa shape index (κ2) is 8.45. The van der Waals surface area contributed by atoms with Crippen molar-refractivity contribution in [1.82, 2.24) is 15.6 Å². The van der Waals surface area contributed by atoms with Gasteiger partial charge >= 0.3 is 0 Å². The van der Waals surface area contributed by atoms with Crippen molar-refractivity contribution in [3.8, 4) is 17.1 Å². The van der Waals surface area contributed by atoms with E-state index >= 15 is 0 Å². The molecule has 0 aliphatic rings. The van der Waals surface area contributed by atoms with Crippen molar-refractivity contribution in [3.05, 3.63) is 53.2 Å². The van der Waals surface area contributed by atoms with E-state index in [2.05, 4.69) is 15.6 Å². The maximum absolute atomic E-state index is 13.1. The number of hydrogen-bond donors (Lipinski definition) is 2. The molecule has 3 aromatic rings. The van der Waals surface area contributed by atoms with Gasteiger partial charge in [0.05, 0.1) is 11.6 Å². The fourth-order valence-corrected chi connectivity index (χ4v) is 2.36. The van der Waals surface area contributed by atoms with Gasteiger partial charge in [-0.05, 0) is 35.8 Å². The summed E-state index contributed by atoms with van der Waals surface area (Å²) >= 11 is 0. The maximum atomic E-state index is 13.1. The summed E-state index contributed by atoms with van der Waals surface area (Å²) in [6, 6.07) is 7.06. The fourth-order valence-electron chi connectivity index (χ4n) is 2.36. The maximum Gasteiger partial charge on any atom is 0.290 e. The number of hydrogen-bond acceptors (Lipinski definition) is 7. The van der Waals surface area contributed by atoms with Crippen LogP contribution in [0.2, 0.25) is 0 Å². The van der Waals surface area contributed by atoms with Crippen LogP contribution in [0.15, 0.2) is 39.4 Å². The first-order chi connectivity index (χ1) is 13.1. The van der Waals surface area contributed by atoms with E-state index in [9.17, 15) is 14.3 Å². The van der Waals surface area contributed by atoms with Crippen LogP contribution in [0.25, 0.3) is 11.3 Å². The number of nitrogens with one attached hydrogen (secondary N) is 1. The molecule has 142 valence electrons. The molecule has 0 spiro atoms. The van der Waals surface area contributed by atoms with Gasteiger partial charge in [0.25, 0.3) is 11.8 Å². The van der Waals surface area contributed by atoms with E-state index < -0.39 is 0 Å². The summed E-state index contributed by atoms with van der Waals surface area (Å²) in [5.41, 5.74) is 1.52. The van der Waals surface area contributed by atoms with E-state index in [-0.39, 0.29) is 42.3 Å². The summed E-state index contributed by atoms with van der Waals surface area (Å²) in [7, 11) is 0. The average molecular weight is 375 g/mol. The van der Waals surface area contributed by atoms with E-state index in [4.69, 9.17) is 13.8 Å². The number of halogens is 1. The molecule has 2 aromatic heterocycles. The molecule has 0 unspecified atom stereocenters. The molecule has 27 heavy (non-hydrogen) atoms.